The highest BCUT2D eigenvalue weighted by atomic mass is 16.7. The largest absolute Gasteiger partial charge is 0.504 e. The predicted octanol–water partition coefficient (Wildman–Crippen LogP) is 2.44. The van der Waals surface area contributed by atoms with E-state index in [9.17, 15) is 5.11 Å². The van der Waals surface area contributed by atoms with Crippen molar-refractivity contribution >= 4 is 0 Å². The van der Waals surface area contributed by atoms with Crippen molar-refractivity contribution in [1.82, 2.24) is 0 Å². The summed E-state index contributed by atoms with van der Waals surface area (Å²) in [4.78, 5) is 0. The van der Waals surface area contributed by atoms with Crippen LogP contribution >= 0.6 is 0 Å². The number of hydrogen-bond donors (Lipinski definition) is 1. The van der Waals surface area contributed by atoms with Gasteiger partial charge in [0.05, 0.1) is 6.61 Å². The van der Waals surface area contributed by atoms with Gasteiger partial charge >= 0.3 is 0 Å². The van der Waals surface area contributed by atoms with Crippen LogP contribution in [-0.4, -0.2) is 31.2 Å². The first-order valence-corrected chi connectivity index (χ1v) is 6.12. The maximum absolute atomic E-state index is 9.93. The van der Waals surface area contributed by atoms with Crippen LogP contribution in [0, 0.1) is 0 Å². The van der Waals surface area contributed by atoms with E-state index < -0.39 is 0 Å². The second-order valence-corrected chi connectivity index (χ2v) is 5.52. The van der Waals surface area contributed by atoms with E-state index in [0.717, 1.165) is 5.56 Å². The number of phenolic OH excluding ortho intramolecular Hbond substituents is 1. The van der Waals surface area contributed by atoms with E-state index in [4.69, 9.17) is 14.2 Å². The third-order valence-electron chi connectivity index (χ3n) is 2.94. The minimum Gasteiger partial charge on any atom is -0.504 e. The van der Waals surface area contributed by atoms with Gasteiger partial charge in [0.1, 0.15) is 19.5 Å². The zero-order chi connectivity index (χ0) is 13.2. The van der Waals surface area contributed by atoms with Gasteiger partial charge < -0.3 is 19.3 Å². The maximum Gasteiger partial charge on any atom is 0.161 e. The summed E-state index contributed by atoms with van der Waals surface area (Å²) in [5.74, 6) is 0.653. The standard InChI is InChI=1S/C14H20O4/c1-14(2,3)10-4-5-13(12(15)6-10)17-8-11-7-16-9-18-11/h4-6,11,15H,7-9H2,1-3H3. The summed E-state index contributed by atoms with van der Waals surface area (Å²) in [5, 5.41) is 9.93. The van der Waals surface area contributed by atoms with Crippen LogP contribution in [0.15, 0.2) is 18.2 Å². The highest BCUT2D eigenvalue weighted by molar-refractivity contribution is 5.43. The smallest absolute Gasteiger partial charge is 0.161 e. The fraction of sp³-hybridized carbons (Fsp3) is 0.571. The molecule has 1 aromatic carbocycles. The third kappa shape index (κ3) is 3.15. The monoisotopic (exact) mass is 252 g/mol. The van der Waals surface area contributed by atoms with Gasteiger partial charge in [-0.05, 0) is 23.1 Å². The molecule has 1 aliphatic heterocycles. The van der Waals surface area contributed by atoms with Crippen molar-refractivity contribution < 1.29 is 19.3 Å². The molecule has 0 aliphatic carbocycles. The summed E-state index contributed by atoms with van der Waals surface area (Å²) in [6.45, 7) is 7.57. The zero-order valence-corrected chi connectivity index (χ0v) is 11.1. The topological polar surface area (TPSA) is 47.9 Å². The number of benzene rings is 1. The first-order valence-electron chi connectivity index (χ1n) is 6.12. The SMILES string of the molecule is CC(C)(C)c1ccc(OCC2COCO2)c(O)c1. The molecule has 0 amide bonds. The normalized spacial score (nSPS) is 20.1. The second-order valence-electron chi connectivity index (χ2n) is 5.52. The molecule has 0 saturated carbocycles. The van der Waals surface area contributed by atoms with Crippen LogP contribution in [0.25, 0.3) is 0 Å². The van der Waals surface area contributed by atoms with Gasteiger partial charge in [-0.25, -0.2) is 0 Å². The Labute approximate surface area is 107 Å². The molecule has 100 valence electrons. The molecular formula is C14H20O4. The Balaban J connectivity index is 2.01. The van der Waals surface area contributed by atoms with E-state index in [1.54, 1.807) is 12.1 Å². The lowest BCUT2D eigenvalue weighted by molar-refractivity contribution is 0.0317. The Morgan fingerprint density at radius 3 is 2.72 bits per heavy atom. The van der Waals surface area contributed by atoms with Gasteiger partial charge in [-0.15, -0.1) is 0 Å². The van der Waals surface area contributed by atoms with Gasteiger partial charge in [-0.3, -0.25) is 0 Å². The fourth-order valence-corrected chi connectivity index (χ4v) is 1.76. The summed E-state index contributed by atoms with van der Waals surface area (Å²) in [5.41, 5.74) is 1.09. The van der Waals surface area contributed by atoms with Gasteiger partial charge in [0.15, 0.2) is 11.5 Å². The van der Waals surface area contributed by atoms with Crippen LogP contribution in [-0.2, 0) is 14.9 Å². The van der Waals surface area contributed by atoms with E-state index >= 15 is 0 Å². The number of rotatable bonds is 3. The molecule has 0 aromatic heterocycles. The summed E-state index contributed by atoms with van der Waals surface area (Å²) < 4.78 is 15.9. The Hall–Kier alpha value is -1.26. The molecule has 1 atom stereocenters. The van der Waals surface area contributed by atoms with Crippen molar-refractivity contribution in [2.24, 2.45) is 0 Å². The molecule has 4 heteroatoms. The first-order chi connectivity index (χ1) is 8.47. The molecule has 1 fully saturated rings. The average molecular weight is 252 g/mol. The van der Waals surface area contributed by atoms with Crippen molar-refractivity contribution in [3.8, 4) is 11.5 Å². The van der Waals surface area contributed by atoms with Crippen LogP contribution in [0.1, 0.15) is 26.3 Å². The molecule has 1 heterocycles. The quantitative estimate of drug-likeness (QED) is 0.897. The Bertz CT molecular complexity index is 403. The van der Waals surface area contributed by atoms with E-state index in [-0.39, 0.29) is 17.3 Å². The molecule has 1 unspecified atom stereocenters. The van der Waals surface area contributed by atoms with Gasteiger partial charge in [0, 0.05) is 0 Å². The summed E-state index contributed by atoms with van der Waals surface area (Å²) in [7, 11) is 0. The molecule has 0 bridgehead atoms. The molecule has 1 aliphatic rings. The van der Waals surface area contributed by atoms with Crippen LogP contribution in [0.3, 0.4) is 0 Å². The zero-order valence-electron chi connectivity index (χ0n) is 11.1. The first kappa shape index (κ1) is 13.2. The highest BCUT2D eigenvalue weighted by Gasteiger charge is 2.19. The molecule has 18 heavy (non-hydrogen) atoms. The summed E-state index contributed by atoms with van der Waals surface area (Å²) in [6, 6.07) is 5.52. The van der Waals surface area contributed by atoms with Gasteiger partial charge in [-0.2, -0.15) is 0 Å². The van der Waals surface area contributed by atoms with Crippen molar-refractivity contribution in [2.45, 2.75) is 32.3 Å². The minimum atomic E-state index is -0.0494. The van der Waals surface area contributed by atoms with Crippen molar-refractivity contribution in [1.29, 1.82) is 0 Å². The van der Waals surface area contributed by atoms with Crippen molar-refractivity contribution in [2.75, 3.05) is 20.0 Å². The molecule has 1 aromatic rings. The van der Waals surface area contributed by atoms with Gasteiger partial charge in [0.2, 0.25) is 0 Å². The van der Waals surface area contributed by atoms with Gasteiger partial charge in [-0.1, -0.05) is 26.8 Å². The Kier molecular flexibility index (Phi) is 3.78. The molecule has 0 spiro atoms. The molecule has 0 radical (unpaired) electrons. The van der Waals surface area contributed by atoms with Crippen molar-refractivity contribution in [3.63, 3.8) is 0 Å². The average Bonchev–Trinajstić information content (AvgIpc) is 2.79. The lowest BCUT2D eigenvalue weighted by Crippen LogP contribution is -2.19. The van der Waals surface area contributed by atoms with Crippen LogP contribution in [0.2, 0.25) is 0 Å². The Morgan fingerprint density at radius 2 is 2.17 bits per heavy atom. The third-order valence-corrected chi connectivity index (χ3v) is 2.94. The highest BCUT2D eigenvalue weighted by Crippen LogP contribution is 2.32. The maximum atomic E-state index is 9.93. The predicted molar refractivity (Wildman–Crippen MR) is 68.0 cm³/mol. The van der Waals surface area contributed by atoms with Gasteiger partial charge in [0.25, 0.3) is 0 Å². The van der Waals surface area contributed by atoms with E-state index in [1.165, 1.54) is 0 Å². The summed E-state index contributed by atoms with van der Waals surface area (Å²) >= 11 is 0. The van der Waals surface area contributed by atoms with Crippen LogP contribution in [0.5, 0.6) is 11.5 Å². The molecule has 2 rings (SSSR count). The number of hydrogen-bond acceptors (Lipinski definition) is 4. The Morgan fingerprint density at radius 1 is 1.39 bits per heavy atom. The van der Waals surface area contributed by atoms with Crippen LogP contribution in [0.4, 0.5) is 0 Å². The molecule has 4 nitrogen and oxygen atoms in total. The lowest BCUT2D eigenvalue weighted by atomic mass is 9.87. The van der Waals surface area contributed by atoms with Crippen LogP contribution < -0.4 is 4.74 Å². The number of aromatic hydroxyl groups is 1. The minimum absolute atomic E-state index is 0.0123. The van der Waals surface area contributed by atoms with E-state index in [2.05, 4.69) is 20.8 Å². The number of ether oxygens (including phenoxy) is 3. The van der Waals surface area contributed by atoms with E-state index in [0.29, 0.717) is 25.8 Å². The fourth-order valence-electron chi connectivity index (χ4n) is 1.76. The molecule has 1 N–H and O–H groups in total. The molecular weight excluding hydrogens is 232 g/mol. The molecule has 1 saturated heterocycles. The van der Waals surface area contributed by atoms with E-state index in [1.807, 2.05) is 6.07 Å². The number of phenols is 1. The lowest BCUT2D eigenvalue weighted by Gasteiger charge is -2.20. The summed E-state index contributed by atoms with van der Waals surface area (Å²) in [6.07, 6.45) is -0.0494. The van der Waals surface area contributed by atoms with Crippen molar-refractivity contribution in [3.05, 3.63) is 23.8 Å². The second kappa shape index (κ2) is 5.16.